The van der Waals surface area contributed by atoms with Crippen LogP contribution >= 0.6 is 22.9 Å². The Morgan fingerprint density at radius 3 is 2.84 bits per heavy atom. The summed E-state index contributed by atoms with van der Waals surface area (Å²) in [6, 6.07) is 11.0. The topological polar surface area (TPSA) is 92.1 Å². The Morgan fingerprint density at radius 2 is 2.13 bits per heavy atom. The molecule has 4 rings (SSSR count). The monoisotopic (exact) mass is 457 g/mol. The van der Waals surface area contributed by atoms with Crippen molar-refractivity contribution in [1.82, 2.24) is 9.99 Å². The van der Waals surface area contributed by atoms with Gasteiger partial charge in [0.15, 0.2) is 0 Å². The number of hydrogen-bond donors (Lipinski definition) is 1. The van der Waals surface area contributed by atoms with Gasteiger partial charge >= 0.3 is 5.97 Å². The van der Waals surface area contributed by atoms with Crippen molar-refractivity contribution in [3.8, 4) is 5.75 Å². The molecule has 9 heteroatoms. The Morgan fingerprint density at radius 1 is 1.29 bits per heavy atom. The molecule has 7 nitrogen and oxygen atoms in total. The molecule has 2 aromatic heterocycles. The minimum Gasteiger partial charge on any atom is -0.497 e. The van der Waals surface area contributed by atoms with Crippen LogP contribution in [-0.4, -0.2) is 39.8 Å². The number of hydrogen-bond acceptors (Lipinski definition) is 6. The number of carboxylic acids is 1. The van der Waals surface area contributed by atoms with E-state index in [0.29, 0.717) is 28.4 Å². The molecule has 1 amide bonds. The van der Waals surface area contributed by atoms with Gasteiger partial charge in [0.1, 0.15) is 10.9 Å². The predicted octanol–water partition coefficient (Wildman–Crippen LogP) is 4.89. The lowest BCUT2D eigenvalue weighted by molar-refractivity contribution is -0.137. The molecular weight excluding hydrogens is 438 g/mol. The van der Waals surface area contributed by atoms with Gasteiger partial charge in [-0.3, -0.25) is 9.59 Å². The summed E-state index contributed by atoms with van der Waals surface area (Å²) in [6.07, 6.45) is 0.796. The van der Waals surface area contributed by atoms with Crippen LogP contribution in [0.5, 0.6) is 5.75 Å². The van der Waals surface area contributed by atoms with Crippen LogP contribution in [0.1, 0.15) is 42.2 Å². The van der Waals surface area contributed by atoms with Gasteiger partial charge in [-0.25, -0.2) is 9.99 Å². The van der Waals surface area contributed by atoms with Gasteiger partial charge in [-0.2, -0.15) is 5.10 Å². The van der Waals surface area contributed by atoms with Gasteiger partial charge in [0.05, 0.1) is 29.3 Å². The lowest BCUT2D eigenvalue weighted by Crippen LogP contribution is -2.27. The van der Waals surface area contributed by atoms with Crippen LogP contribution in [0.3, 0.4) is 0 Å². The van der Waals surface area contributed by atoms with Crippen molar-refractivity contribution in [3.63, 3.8) is 0 Å². The molecule has 0 saturated carbocycles. The number of fused-ring (bicyclic) bond motifs is 1. The minimum atomic E-state index is -0.925. The largest absolute Gasteiger partial charge is 0.497 e. The standard InChI is InChI=1S/C22H20ClN3O4S/c1-30-14-8-7-13-10-15(22(23)24-16(13)11-14)18-12-17(19-4-3-9-31-19)25-26(18)20(27)5-2-6-21(28)29/h3-4,7-11,18H,2,5-6,12H2,1H3,(H,28,29). The fraction of sp³-hybridized carbons (Fsp3) is 0.273. The summed E-state index contributed by atoms with van der Waals surface area (Å²) in [4.78, 5) is 29.3. The molecule has 1 unspecified atom stereocenters. The molecule has 0 saturated heterocycles. The van der Waals surface area contributed by atoms with Crippen LogP contribution in [-0.2, 0) is 9.59 Å². The van der Waals surface area contributed by atoms with E-state index in [-0.39, 0.29) is 25.2 Å². The number of thiophene rings is 1. The van der Waals surface area contributed by atoms with E-state index in [1.807, 2.05) is 41.8 Å². The van der Waals surface area contributed by atoms with Gasteiger partial charge in [0, 0.05) is 36.3 Å². The number of nitrogens with zero attached hydrogens (tertiary/aromatic N) is 3. The Kier molecular flexibility index (Phi) is 6.20. The van der Waals surface area contributed by atoms with Gasteiger partial charge in [-0.05, 0) is 36.1 Å². The molecule has 1 aliphatic rings. The Labute approximate surface area is 187 Å². The van der Waals surface area contributed by atoms with E-state index in [1.165, 1.54) is 5.01 Å². The van der Waals surface area contributed by atoms with Crippen molar-refractivity contribution in [2.24, 2.45) is 5.10 Å². The van der Waals surface area contributed by atoms with Gasteiger partial charge in [-0.15, -0.1) is 11.3 Å². The van der Waals surface area contributed by atoms with Crippen molar-refractivity contribution in [2.45, 2.75) is 31.7 Å². The van der Waals surface area contributed by atoms with Crippen LogP contribution in [0.25, 0.3) is 10.9 Å². The first-order valence-electron chi connectivity index (χ1n) is 9.75. The van der Waals surface area contributed by atoms with Crippen molar-refractivity contribution in [1.29, 1.82) is 0 Å². The SMILES string of the molecule is COc1ccc2cc(C3CC(c4cccs4)=NN3C(=O)CCCC(=O)O)c(Cl)nc2c1. The Hall–Kier alpha value is -2.97. The van der Waals surface area contributed by atoms with E-state index < -0.39 is 12.0 Å². The highest BCUT2D eigenvalue weighted by Gasteiger charge is 2.35. The van der Waals surface area contributed by atoms with Crippen LogP contribution in [0.2, 0.25) is 5.15 Å². The molecule has 31 heavy (non-hydrogen) atoms. The molecule has 0 fully saturated rings. The maximum absolute atomic E-state index is 12.9. The summed E-state index contributed by atoms with van der Waals surface area (Å²) in [6.45, 7) is 0. The number of ether oxygens (including phenoxy) is 1. The van der Waals surface area contributed by atoms with E-state index in [4.69, 9.17) is 21.4 Å². The normalized spacial score (nSPS) is 15.9. The van der Waals surface area contributed by atoms with Crippen LogP contribution in [0, 0.1) is 0 Å². The fourth-order valence-electron chi connectivity index (χ4n) is 3.58. The van der Waals surface area contributed by atoms with Gasteiger partial charge in [0.25, 0.3) is 0 Å². The molecule has 0 bridgehead atoms. The molecule has 1 atom stereocenters. The molecule has 3 heterocycles. The van der Waals surface area contributed by atoms with Gasteiger partial charge in [0.2, 0.25) is 5.91 Å². The zero-order valence-corrected chi connectivity index (χ0v) is 18.3. The average Bonchev–Trinajstić information content (AvgIpc) is 3.42. The molecule has 3 aromatic rings. The molecule has 0 aliphatic carbocycles. The fourth-order valence-corrected chi connectivity index (χ4v) is 4.57. The second kappa shape index (κ2) is 9.03. The molecule has 1 aliphatic heterocycles. The van der Waals surface area contributed by atoms with E-state index in [1.54, 1.807) is 18.4 Å². The highest BCUT2D eigenvalue weighted by Crippen LogP contribution is 2.38. The summed E-state index contributed by atoms with van der Waals surface area (Å²) in [5.41, 5.74) is 2.21. The second-order valence-corrected chi connectivity index (χ2v) is 8.46. The number of rotatable bonds is 7. The second-order valence-electron chi connectivity index (χ2n) is 7.16. The maximum Gasteiger partial charge on any atom is 0.303 e. The zero-order valence-electron chi connectivity index (χ0n) is 16.7. The third-order valence-electron chi connectivity index (χ3n) is 5.12. The summed E-state index contributed by atoms with van der Waals surface area (Å²) in [5.74, 6) is -0.474. The Bertz CT molecular complexity index is 1160. The third kappa shape index (κ3) is 4.55. The van der Waals surface area contributed by atoms with Gasteiger partial charge in [-0.1, -0.05) is 17.7 Å². The zero-order chi connectivity index (χ0) is 22.0. The van der Waals surface area contributed by atoms with E-state index >= 15 is 0 Å². The first-order chi connectivity index (χ1) is 15.0. The van der Waals surface area contributed by atoms with Gasteiger partial charge < -0.3 is 9.84 Å². The molecule has 0 spiro atoms. The number of amides is 1. The number of methoxy groups -OCH3 is 1. The molecule has 0 radical (unpaired) electrons. The molecular formula is C22H20ClN3O4S. The number of aliphatic carboxylic acids is 1. The number of benzene rings is 1. The van der Waals surface area contributed by atoms with Crippen molar-refractivity contribution >= 4 is 51.4 Å². The Balaban J connectivity index is 1.68. The maximum atomic E-state index is 12.9. The highest BCUT2D eigenvalue weighted by atomic mass is 35.5. The van der Waals surface area contributed by atoms with E-state index in [9.17, 15) is 9.59 Å². The van der Waals surface area contributed by atoms with Crippen LogP contribution in [0.4, 0.5) is 0 Å². The lowest BCUT2D eigenvalue weighted by atomic mass is 10.0. The number of pyridine rings is 1. The van der Waals surface area contributed by atoms with Crippen LogP contribution < -0.4 is 4.74 Å². The quantitative estimate of drug-likeness (QED) is 0.510. The molecule has 1 N–H and O–H groups in total. The third-order valence-corrected chi connectivity index (χ3v) is 6.34. The van der Waals surface area contributed by atoms with Crippen molar-refractivity contribution in [3.05, 3.63) is 57.4 Å². The summed E-state index contributed by atoms with van der Waals surface area (Å²) in [7, 11) is 1.59. The first-order valence-corrected chi connectivity index (χ1v) is 11.0. The average molecular weight is 458 g/mol. The minimum absolute atomic E-state index is 0.0636. The van der Waals surface area contributed by atoms with Crippen molar-refractivity contribution < 1.29 is 19.4 Å². The van der Waals surface area contributed by atoms with Crippen molar-refractivity contribution in [2.75, 3.05) is 7.11 Å². The lowest BCUT2D eigenvalue weighted by Gasteiger charge is -2.23. The molecule has 160 valence electrons. The molecule has 1 aromatic carbocycles. The predicted molar refractivity (Wildman–Crippen MR) is 120 cm³/mol. The summed E-state index contributed by atoms with van der Waals surface area (Å²) >= 11 is 8.11. The van der Waals surface area contributed by atoms with E-state index in [2.05, 4.69) is 10.1 Å². The first kappa shape index (κ1) is 21.3. The van der Waals surface area contributed by atoms with Crippen LogP contribution in [0.15, 0.2) is 46.9 Å². The van der Waals surface area contributed by atoms with E-state index in [0.717, 1.165) is 16.0 Å². The summed E-state index contributed by atoms with van der Waals surface area (Å²) < 4.78 is 5.26. The number of carboxylic acid groups (broad SMARTS) is 1. The number of hydrazone groups is 1. The number of carbonyl (C=O) groups excluding carboxylic acids is 1. The number of aromatic nitrogens is 1. The smallest absolute Gasteiger partial charge is 0.303 e. The number of halogens is 1. The number of carbonyl (C=O) groups is 2. The highest BCUT2D eigenvalue weighted by molar-refractivity contribution is 7.12. The summed E-state index contributed by atoms with van der Waals surface area (Å²) in [5, 5.41) is 18.0.